The summed E-state index contributed by atoms with van der Waals surface area (Å²) < 4.78 is 0. The van der Waals surface area contributed by atoms with Crippen LogP contribution in [0.3, 0.4) is 0 Å². The van der Waals surface area contributed by atoms with Crippen LogP contribution in [0.25, 0.3) is 0 Å². The smallest absolute Gasteiger partial charge is 0.358 e. The summed E-state index contributed by atoms with van der Waals surface area (Å²) in [6, 6.07) is 0. The Bertz CT molecular complexity index is 361. The highest BCUT2D eigenvalue weighted by molar-refractivity contribution is 5.75. The number of aryl methyl sites for hydroxylation is 1. The summed E-state index contributed by atoms with van der Waals surface area (Å²) in [7, 11) is 0. The standard InChI is InChI=1S/C8H12N4O3/c1-7(13)4-2-3-5-11-9-6-8(10-11)12(14)15/h6H,2-5H2,1H3. The summed E-state index contributed by atoms with van der Waals surface area (Å²) in [6.07, 6.45) is 3.14. The SMILES string of the molecule is CC(=O)CCCCn1ncc([N+](=O)[O-])n1. The topological polar surface area (TPSA) is 90.9 Å². The molecule has 15 heavy (non-hydrogen) atoms. The van der Waals surface area contributed by atoms with E-state index in [2.05, 4.69) is 10.2 Å². The summed E-state index contributed by atoms with van der Waals surface area (Å²) >= 11 is 0. The Labute approximate surface area is 86.2 Å². The summed E-state index contributed by atoms with van der Waals surface area (Å²) in [5.74, 6) is -0.101. The van der Waals surface area contributed by atoms with Crippen LogP contribution in [-0.4, -0.2) is 25.7 Å². The number of rotatable bonds is 6. The Balaban J connectivity index is 2.31. The van der Waals surface area contributed by atoms with Gasteiger partial charge in [-0.15, -0.1) is 5.10 Å². The molecule has 0 atom stereocenters. The Morgan fingerprint density at radius 1 is 1.60 bits per heavy atom. The van der Waals surface area contributed by atoms with E-state index < -0.39 is 4.92 Å². The normalized spacial score (nSPS) is 10.2. The largest absolute Gasteiger partial charge is 0.410 e. The molecule has 7 nitrogen and oxygen atoms in total. The van der Waals surface area contributed by atoms with Crippen molar-refractivity contribution in [3.05, 3.63) is 16.3 Å². The predicted octanol–water partition coefficient (Wildman–Crippen LogP) is 0.946. The highest BCUT2D eigenvalue weighted by atomic mass is 16.6. The van der Waals surface area contributed by atoms with Gasteiger partial charge in [-0.3, -0.25) is 0 Å². The number of nitro groups is 1. The van der Waals surface area contributed by atoms with E-state index in [9.17, 15) is 14.9 Å². The zero-order valence-corrected chi connectivity index (χ0v) is 8.42. The van der Waals surface area contributed by atoms with Gasteiger partial charge in [0.1, 0.15) is 5.78 Å². The first-order chi connectivity index (χ1) is 7.09. The molecule has 0 aliphatic rings. The molecule has 0 bridgehead atoms. The van der Waals surface area contributed by atoms with Crippen LogP contribution in [-0.2, 0) is 11.3 Å². The first-order valence-electron chi connectivity index (χ1n) is 4.63. The lowest BCUT2D eigenvalue weighted by atomic mass is 10.2. The molecule has 0 N–H and O–H groups in total. The minimum Gasteiger partial charge on any atom is -0.358 e. The van der Waals surface area contributed by atoms with E-state index in [0.717, 1.165) is 19.0 Å². The van der Waals surface area contributed by atoms with Crippen LogP contribution in [0.2, 0.25) is 0 Å². The number of aromatic nitrogens is 3. The van der Waals surface area contributed by atoms with Gasteiger partial charge < -0.3 is 14.9 Å². The van der Waals surface area contributed by atoms with Crippen molar-refractivity contribution in [2.45, 2.75) is 32.7 Å². The molecule has 1 heterocycles. The molecule has 0 aromatic carbocycles. The Morgan fingerprint density at radius 3 is 2.87 bits per heavy atom. The molecule has 1 aromatic heterocycles. The van der Waals surface area contributed by atoms with Gasteiger partial charge in [0.15, 0.2) is 6.20 Å². The van der Waals surface area contributed by atoms with Crippen LogP contribution in [0.5, 0.6) is 0 Å². The minimum absolute atomic E-state index is 0.148. The second-order valence-corrected chi connectivity index (χ2v) is 3.21. The summed E-state index contributed by atoms with van der Waals surface area (Å²) in [6.45, 7) is 2.04. The number of carbonyl (C=O) groups excluding carboxylic acids is 1. The lowest BCUT2D eigenvalue weighted by Crippen LogP contribution is -2.03. The molecule has 0 spiro atoms. The van der Waals surface area contributed by atoms with Gasteiger partial charge in [0, 0.05) is 6.42 Å². The molecule has 1 rings (SSSR count). The van der Waals surface area contributed by atoms with E-state index in [1.165, 1.54) is 11.7 Å². The summed E-state index contributed by atoms with van der Waals surface area (Å²) in [5, 5.41) is 17.7. The van der Waals surface area contributed by atoms with Crippen molar-refractivity contribution < 1.29 is 9.72 Å². The van der Waals surface area contributed by atoms with E-state index in [1.807, 2.05) is 0 Å². The molecule has 1 aromatic rings. The van der Waals surface area contributed by atoms with Crippen molar-refractivity contribution in [3.8, 4) is 0 Å². The second-order valence-electron chi connectivity index (χ2n) is 3.21. The molecule has 0 amide bonds. The fraction of sp³-hybridized carbons (Fsp3) is 0.625. The zero-order chi connectivity index (χ0) is 11.3. The quantitative estimate of drug-likeness (QED) is 0.397. The van der Waals surface area contributed by atoms with Crippen LogP contribution in [0.4, 0.5) is 5.82 Å². The third-order valence-corrected chi connectivity index (χ3v) is 1.85. The molecule has 82 valence electrons. The van der Waals surface area contributed by atoms with Crippen LogP contribution >= 0.6 is 0 Å². The maximum Gasteiger partial charge on any atom is 0.410 e. The van der Waals surface area contributed by atoms with E-state index in [-0.39, 0.29) is 11.6 Å². The van der Waals surface area contributed by atoms with Crippen molar-refractivity contribution in [3.63, 3.8) is 0 Å². The van der Waals surface area contributed by atoms with Gasteiger partial charge in [-0.1, -0.05) is 4.80 Å². The van der Waals surface area contributed by atoms with Crippen LogP contribution in [0.15, 0.2) is 6.20 Å². The van der Waals surface area contributed by atoms with Gasteiger partial charge in [-0.2, -0.15) is 0 Å². The van der Waals surface area contributed by atoms with Crippen molar-refractivity contribution in [2.24, 2.45) is 0 Å². The van der Waals surface area contributed by atoms with Gasteiger partial charge in [-0.25, -0.2) is 0 Å². The molecular weight excluding hydrogens is 200 g/mol. The summed E-state index contributed by atoms with van der Waals surface area (Å²) in [5.41, 5.74) is 0. The van der Waals surface area contributed by atoms with Crippen molar-refractivity contribution in [2.75, 3.05) is 0 Å². The fourth-order valence-electron chi connectivity index (χ4n) is 1.11. The lowest BCUT2D eigenvalue weighted by molar-refractivity contribution is -0.389. The third-order valence-electron chi connectivity index (χ3n) is 1.85. The van der Waals surface area contributed by atoms with Gasteiger partial charge in [0.25, 0.3) is 0 Å². The lowest BCUT2D eigenvalue weighted by Gasteiger charge is -1.94. The van der Waals surface area contributed by atoms with E-state index in [0.29, 0.717) is 13.0 Å². The number of Topliss-reactive ketones (excluding diaryl/α,β-unsaturated/α-hetero) is 1. The van der Waals surface area contributed by atoms with E-state index in [4.69, 9.17) is 0 Å². The third kappa shape index (κ3) is 3.84. The van der Waals surface area contributed by atoms with Crippen LogP contribution < -0.4 is 0 Å². The Kier molecular flexibility index (Phi) is 3.90. The van der Waals surface area contributed by atoms with Crippen LogP contribution in [0.1, 0.15) is 26.2 Å². The molecule has 0 radical (unpaired) electrons. The zero-order valence-electron chi connectivity index (χ0n) is 8.42. The molecule has 0 aliphatic heterocycles. The van der Waals surface area contributed by atoms with Gasteiger partial charge in [-0.05, 0) is 24.7 Å². The maximum atomic E-state index is 10.6. The van der Waals surface area contributed by atoms with E-state index in [1.54, 1.807) is 0 Å². The highest BCUT2D eigenvalue weighted by Gasteiger charge is 2.11. The first kappa shape index (κ1) is 11.3. The number of ketones is 1. The number of unbranched alkanes of at least 4 members (excludes halogenated alkanes) is 1. The number of carbonyl (C=O) groups is 1. The number of nitrogens with zero attached hydrogens (tertiary/aromatic N) is 4. The predicted molar refractivity (Wildman–Crippen MR) is 51.2 cm³/mol. The Hall–Kier alpha value is -1.79. The van der Waals surface area contributed by atoms with Crippen molar-refractivity contribution in [1.82, 2.24) is 15.0 Å². The monoisotopic (exact) mass is 212 g/mol. The van der Waals surface area contributed by atoms with Crippen molar-refractivity contribution in [1.29, 1.82) is 0 Å². The van der Waals surface area contributed by atoms with Crippen molar-refractivity contribution >= 4 is 11.6 Å². The van der Waals surface area contributed by atoms with Gasteiger partial charge in [0.05, 0.1) is 11.6 Å². The number of hydrogen-bond acceptors (Lipinski definition) is 5. The molecule has 0 unspecified atom stereocenters. The molecular formula is C8H12N4O3. The molecule has 0 aliphatic carbocycles. The second kappa shape index (κ2) is 5.18. The average molecular weight is 212 g/mol. The minimum atomic E-state index is -0.584. The number of hydrogen-bond donors (Lipinski definition) is 0. The van der Waals surface area contributed by atoms with Gasteiger partial charge >= 0.3 is 5.82 Å². The molecule has 0 saturated heterocycles. The Morgan fingerprint density at radius 2 is 2.33 bits per heavy atom. The highest BCUT2D eigenvalue weighted by Crippen LogP contribution is 2.04. The first-order valence-corrected chi connectivity index (χ1v) is 4.63. The fourth-order valence-corrected chi connectivity index (χ4v) is 1.11. The van der Waals surface area contributed by atoms with Crippen LogP contribution in [0, 0.1) is 10.1 Å². The summed E-state index contributed by atoms with van der Waals surface area (Å²) in [4.78, 5) is 21.6. The maximum absolute atomic E-state index is 10.6. The average Bonchev–Trinajstić information content (AvgIpc) is 2.60. The molecule has 7 heteroatoms. The van der Waals surface area contributed by atoms with E-state index >= 15 is 0 Å². The molecule has 0 saturated carbocycles. The van der Waals surface area contributed by atoms with Gasteiger partial charge in [0.2, 0.25) is 0 Å². The molecule has 0 fully saturated rings.